The average Bonchev–Trinajstić information content (AvgIpc) is 3.07. The van der Waals surface area contributed by atoms with Gasteiger partial charge in [-0.15, -0.1) is 0 Å². The number of rotatable bonds is 3. The largest absolute Gasteiger partial charge is 0.366 e. The molecule has 2 aromatic carbocycles. The number of aromatic nitrogens is 3. The Morgan fingerprint density at radius 3 is 2.77 bits per heavy atom. The zero-order valence-corrected chi connectivity index (χ0v) is 14.9. The first-order chi connectivity index (χ1) is 12.5. The van der Waals surface area contributed by atoms with E-state index in [9.17, 15) is 9.18 Å². The number of imidazole rings is 1. The number of carbonyl (C=O) groups excluding carboxylic acids is 1. The van der Waals surface area contributed by atoms with Crippen LogP contribution < -0.4 is 5.73 Å². The second kappa shape index (κ2) is 6.34. The highest BCUT2D eigenvalue weighted by atomic mass is 79.9. The summed E-state index contributed by atoms with van der Waals surface area (Å²) >= 11 is 3.27. The fraction of sp³-hybridized carbons (Fsp3) is 0. The van der Waals surface area contributed by atoms with Gasteiger partial charge in [0, 0.05) is 16.8 Å². The number of nitrogens with zero attached hydrogens (tertiary/aromatic N) is 3. The quantitative estimate of drug-likeness (QED) is 0.516. The molecule has 0 aliphatic carbocycles. The SMILES string of the molecule is NC(=O)c1ccc2c(c1)ncn2-c1cccc(-c2cc(Br)ncc2F)c1. The molecule has 0 spiro atoms. The molecule has 0 aliphatic heterocycles. The first-order valence-electron chi connectivity index (χ1n) is 7.72. The van der Waals surface area contributed by atoms with Gasteiger partial charge < -0.3 is 5.73 Å². The van der Waals surface area contributed by atoms with Gasteiger partial charge in [-0.05, 0) is 57.9 Å². The molecule has 1 amide bonds. The van der Waals surface area contributed by atoms with Crippen LogP contribution in [0.4, 0.5) is 4.39 Å². The van der Waals surface area contributed by atoms with E-state index in [0.717, 1.165) is 16.8 Å². The zero-order valence-electron chi connectivity index (χ0n) is 13.4. The summed E-state index contributed by atoms with van der Waals surface area (Å²) in [6.07, 6.45) is 2.84. The van der Waals surface area contributed by atoms with Crippen LogP contribution in [0.15, 0.2) is 65.7 Å². The van der Waals surface area contributed by atoms with E-state index in [1.165, 1.54) is 6.20 Å². The Morgan fingerprint density at radius 2 is 1.96 bits per heavy atom. The fourth-order valence-corrected chi connectivity index (χ4v) is 3.16. The fourth-order valence-electron chi connectivity index (χ4n) is 2.83. The number of hydrogen-bond acceptors (Lipinski definition) is 3. The number of halogens is 2. The van der Waals surface area contributed by atoms with Crippen molar-refractivity contribution in [1.82, 2.24) is 14.5 Å². The van der Waals surface area contributed by atoms with Crippen molar-refractivity contribution < 1.29 is 9.18 Å². The topological polar surface area (TPSA) is 73.8 Å². The van der Waals surface area contributed by atoms with Crippen molar-refractivity contribution in [3.05, 3.63) is 77.0 Å². The lowest BCUT2D eigenvalue weighted by atomic mass is 10.1. The Balaban J connectivity index is 1.83. The molecule has 0 bridgehead atoms. The Labute approximate surface area is 156 Å². The number of hydrogen-bond donors (Lipinski definition) is 1. The van der Waals surface area contributed by atoms with Gasteiger partial charge in [0.2, 0.25) is 5.91 Å². The lowest BCUT2D eigenvalue weighted by molar-refractivity contribution is 0.100. The molecular formula is C19H12BrFN4O. The first-order valence-corrected chi connectivity index (χ1v) is 8.51. The molecule has 5 nitrogen and oxygen atoms in total. The summed E-state index contributed by atoms with van der Waals surface area (Å²) in [5.74, 6) is -0.894. The molecule has 2 aromatic heterocycles. The maximum atomic E-state index is 14.2. The summed E-state index contributed by atoms with van der Waals surface area (Å²) in [7, 11) is 0. The third-order valence-corrected chi connectivity index (χ3v) is 4.52. The number of benzene rings is 2. The molecule has 0 saturated heterocycles. The molecule has 0 fully saturated rings. The monoisotopic (exact) mass is 410 g/mol. The van der Waals surface area contributed by atoms with Gasteiger partial charge in [0.25, 0.3) is 0 Å². The van der Waals surface area contributed by atoms with Crippen molar-refractivity contribution in [2.24, 2.45) is 5.73 Å². The zero-order chi connectivity index (χ0) is 18.3. The Morgan fingerprint density at radius 1 is 1.12 bits per heavy atom. The minimum atomic E-state index is -0.498. The second-order valence-electron chi connectivity index (χ2n) is 5.72. The highest BCUT2D eigenvalue weighted by Gasteiger charge is 2.11. The summed E-state index contributed by atoms with van der Waals surface area (Å²) in [6.45, 7) is 0. The number of primary amides is 1. The molecule has 26 heavy (non-hydrogen) atoms. The molecular weight excluding hydrogens is 399 g/mol. The third-order valence-electron chi connectivity index (χ3n) is 4.09. The lowest BCUT2D eigenvalue weighted by Crippen LogP contribution is -2.10. The number of fused-ring (bicyclic) bond motifs is 1. The predicted molar refractivity (Wildman–Crippen MR) is 100 cm³/mol. The summed E-state index contributed by atoms with van der Waals surface area (Å²) in [5.41, 5.74) is 9.20. The van der Waals surface area contributed by atoms with Crippen LogP contribution in [0.3, 0.4) is 0 Å². The van der Waals surface area contributed by atoms with E-state index >= 15 is 0 Å². The van der Waals surface area contributed by atoms with Gasteiger partial charge in [-0.3, -0.25) is 9.36 Å². The van der Waals surface area contributed by atoms with Crippen molar-refractivity contribution in [2.45, 2.75) is 0 Å². The molecule has 0 saturated carbocycles. The Bertz CT molecular complexity index is 1160. The van der Waals surface area contributed by atoms with Crippen LogP contribution in [-0.2, 0) is 0 Å². The molecule has 128 valence electrons. The number of carbonyl (C=O) groups is 1. The van der Waals surface area contributed by atoms with Crippen molar-refractivity contribution in [3.8, 4) is 16.8 Å². The smallest absolute Gasteiger partial charge is 0.248 e. The standard InChI is InChI=1S/C19H12BrFN4O/c20-18-8-14(15(21)9-23-18)11-2-1-3-13(6-11)25-10-24-16-7-12(19(22)26)4-5-17(16)25/h1-10H,(H2,22,26). The second-order valence-corrected chi connectivity index (χ2v) is 6.53. The van der Waals surface area contributed by atoms with Crippen molar-refractivity contribution in [2.75, 3.05) is 0 Å². The van der Waals surface area contributed by atoms with Crippen molar-refractivity contribution >= 4 is 32.9 Å². The van der Waals surface area contributed by atoms with Gasteiger partial charge in [0.15, 0.2) is 0 Å². The van der Waals surface area contributed by atoms with Gasteiger partial charge in [-0.1, -0.05) is 12.1 Å². The maximum absolute atomic E-state index is 14.2. The van der Waals surface area contributed by atoms with E-state index < -0.39 is 11.7 Å². The third kappa shape index (κ3) is 2.86. The minimum absolute atomic E-state index is 0.396. The highest BCUT2D eigenvalue weighted by molar-refractivity contribution is 9.10. The lowest BCUT2D eigenvalue weighted by Gasteiger charge is -2.09. The van der Waals surface area contributed by atoms with Gasteiger partial charge in [-0.25, -0.2) is 14.4 Å². The van der Waals surface area contributed by atoms with Crippen LogP contribution in [0, 0.1) is 5.82 Å². The molecule has 2 heterocycles. The summed E-state index contributed by atoms with van der Waals surface area (Å²) in [6, 6.07) is 14.2. The van der Waals surface area contributed by atoms with E-state index in [1.807, 2.05) is 28.8 Å². The number of nitrogens with two attached hydrogens (primary N) is 1. The van der Waals surface area contributed by atoms with E-state index in [0.29, 0.717) is 21.2 Å². The first kappa shape index (κ1) is 16.4. The van der Waals surface area contributed by atoms with E-state index in [1.54, 1.807) is 30.6 Å². The summed E-state index contributed by atoms with van der Waals surface area (Å²) in [4.78, 5) is 19.6. The van der Waals surface area contributed by atoms with Gasteiger partial charge in [0.1, 0.15) is 16.7 Å². The van der Waals surface area contributed by atoms with Gasteiger partial charge in [0.05, 0.1) is 17.2 Å². The molecule has 0 radical (unpaired) electrons. The predicted octanol–water partition coefficient (Wildman–Crippen LogP) is 4.09. The molecule has 4 rings (SSSR count). The van der Waals surface area contributed by atoms with Crippen molar-refractivity contribution in [3.63, 3.8) is 0 Å². The molecule has 2 N–H and O–H groups in total. The van der Waals surface area contributed by atoms with E-state index in [-0.39, 0.29) is 0 Å². The van der Waals surface area contributed by atoms with Crippen LogP contribution in [0.25, 0.3) is 27.8 Å². The van der Waals surface area contributed by atoms with Gasteiger partial charge >= 0.3 is 0 Å². The Hall–Kier alpha value is -3.06. The number of amides is 1. The van der Waals surface area contributed by atoms with Crippen LogP contribution >= 0.6 is 15.9 Å². The molecule has 4 aromatic rings. The van der Waals surface area contributed by atoms with Crippen LogP contribution in [0.2, 0.25) is 0 Å². The molecule has 0 atom stereocenters. The van der Waals surface area contributed by atoms with Crippen molar-refractivity contribution in [1.29, 1.82) is 0 Å². The van der Waals surface area contributed by atoms with E-state index in [4.69, 9.17) is 5.73 Å². The maximum Gasteiger partial charge on any atom is 0.248 e. The van der Waals surface area contributed by atoms with E-state index in [2.05, 4.69) is 25.9 Å². The number of pyridine rings is 1. The van der Waals surface area contributed by atoms with Crippen LogP contribution in [0.1, 0.15) is 10.4 Å². The minimum Gasteiger partial charge on any atom is -0.366 e. The summed E-state index contributed by atoms with van der Waals surface area (Å²) in [5, 5.41) is 0. The molecule has 7 heteroatoms. The summed E-state index contributed by atoms with van der Waals surface area (Å²) < 4.78 is 16.6. The average molecular weight is 411 g/mol. The van der Waals surface area contributed by atoms with Gasteiger partial charge in [-0.2, -0.15) is 0 Å². The Kier molecular flexibility index (Phi) is 4.00. The van der Waals surface area contributed by atoms with Crippen LogP contribution in [0.5, 0.6) is 0 Å². The molecule has 0 unspecified atom stereocenters. The van der Waals surface area contributed by atoms with Crippen LogP contribution in [-0.4, -0.2) is 20.4 Å². The molecule has 0 aliphatic rings. The highest BCUT2D eigenvalue weighted by Crippen LogP contribution is 2.28. The normalized spacial score (nSPS) is 11.0.